The highest BCUT2D eigenvalue weighted by Gasteiger charge is 2.20. The van der Waals surface area contributed by atoms with E-state index in [-0.39, 0.29) is 0 Å². The van der Waals surface area contributed by atoms with E-state index in [1.807, 2.05) is 18.3 Å². The van der Waals surface area contributed by atoms with Crippen molar-refractivity contribution in [2.75, 3.05) is 19.6 Å². The molecular formula is C13H19N3S. The second-order valence-electron chi connectivity index (χ2n) is 4.59. The van der Waals surface area contributed by atoms with E-state index in [9.17, 15) is 0 Å². The monoisotopic (exact) mass is 249 g/mol. The highest BCUT2D eigenvalue weighted by molar-refractivity contribution is 7.80. The summed E-state index contributed by atoms with van der Waals surface area (Å²) in [7, 11) is 0. The van der Waals surface area contributed by atoms with Gasteiger partial charge in [-0.2, -0.15) is 0 Å². The Labute approximate surface area is 108 Å². The number of nitrogens with zero attached hydrogens (tertiary/aromatic N) is 2. The van der Waals surface area contributed by atoms with E-state index in [4.69, 9.17) is 18.0 Å². The van der Waals surface area contributed by atoms with Crippen LogP contribution in [0, 0.1) is 5.92 Å². The number of pyridine rings is 1. The van der Waals surface area contributed by atoms with Crippen molar-refractivity contribution in [3.63, 3.8) is 0 Å². The Morgan fingerprint density at radius 1 is 1.41 bits per heavy atom. The van der Waals surface area contributed by atoms with Gasteiger partial charge in [0.2, 0.25) is 0 Å². The van der Waals surface area contributed by atoms with Crippen LogP contribution in [0.4, 0.5) is 0 Å². The molecule has 0 bridgehead atoms. The molecule has 2 rings (SSSR count). The van der Waals surface area contributed by atoms with Gasteiger partial charge in [-0.05, 0) is 38.1 Å². The lowest BCUT2D eigenvalue weighted by Crippen LogP contribution is -2.38. The van der Waals surface area contributed by atoms with Crippen LogP contribution in [0.25, 0.3) is 0 Å². The standard InChI is InChI=1S/C13H19N3S/c14-13(17)11-4-8-16(9-5-11)10-6-12-3-1-2-7-15-12/h1-3,7,11H,4-6,8-10H2,(H2,14,17). The first-order valence-electron chi connectivity index (χ1n) is 6.17. The van der Waals surface area contributed by atoms with E-state index in [0.29, 0.717) is 10.9 Å². The quantitative estimate of drug-likeness (QED) is 0.824. The maximum Gasteiger partial charge on any atom is 0.0759 e. The Bertz CT molecular complexity index is 358. The van der Waals surface area contributed by atoms with E-state index in [1.54, 1.807) is 0 Å². The number of rotatable bonds is 4. The maximum atomic E-state index is 5.68. The molecule has 1 saturated heterocycles. The normalized spacial score (nSPS) is 18.1. The van der Waals surface area contributed by atoms with Gasteiger partial charge in [-0.1, -0.05) is 18.3 Å². The Morgan fingerprint density at radius 3 is 2.76 bits per heavy atom. The third-order valence-electron chi connectivity index (χ3n) is 3.40. The molecule has 1 aliphatic rings. The molecule has 2 N–H and O–H groups in total. The van der Waals surface area contributed by atoms with Crippen LogP contribution in [0.5, 0.6) is 0 Å². The first kappa shape index (κ1) is 12.5. The van der Waals surface area contributed by atoms with Gasteiger partial charge in [-0.3, -0.25) is 4.98 Å². The van der Waals surface area contributed by atoms with Crippen LogP contribution in [0.1, 0.15) is 18.5 Å². The Hall–Kier alpha value is -1.00. The molecule has 0 atom stereocenters. The topological polar surface area (TPSA) is 42.1 Å². The van der Waals surface area contributed by atoms with Gasteiger partial charge >= 0.3 is 0 Å². The van der Waals surface area contributed by atoms with Gasteiger partial charge in [0, 0.05) is 30.8 Å². The molecule has 0 spiro atoms. The summed E-state index contributed by atoms with van der Waals surface area (Å²) in [6, 6.07) is 6.08. The Morgan fingerprint density at radius 2 is 2.18 bits per heavy atom. The van der Waals surface area contributed by atoms with Gasteiger partial charge in [0.25, 0.3) is 0 Å². The summed E-state index contributed by atoms with van der Waals surface area (Å²) >= 11 is 5.04. The molecule has 17 heavy (non-hydrogen) atoms. The molecule has 92 valence electrons. The largest absolute Gasteiger partial charge is 0.393 e. The second-order valence-corrected chi connectivity index (χ2v) is 5.06. The van der Waals surface area contributed by atoms with E-state index in [0.717, 1.165) is 38.9 Å². The van der Waals surface area contributed by atoms with Crippen LogP contribution in [-0.4, -0.2) is 34.5 Å². The van der Waals surface area contributed by atoms with Crippen LogP contribution in [0.2, 0.25) is 0 Å². The third-order valence-corrected chi connectivity index (χ3v) is 3.73. The van der Waals surface area contributed by atoms with Crippen molar-refractivity contribution in [3.05, 3.63) is 30.1 Å². The minimum atomic E-state index is 0.455. The first-order chi connectivity index (χ1) is 8.25. The van der Waals surface area contributed by atoms with Crippen molar-refractivity contribution in [3.8, 4) is 0 Å². The summed E-state index contributed by atoms with van der Waals surface area (Å²) in [5, 5.41) is 0. The van der Waals surface area contributed by atoms with Gasteiger partial charge in [0.05, 0.1) is 4.99 Å². The van der Waals surface area contributed by atoms with Crippen LogP contribution in [0.3, 0.4) is 0 Å². The van der Waals surface area contributed by atoms with Crippen molar-refractivity contribution in [2.24, 2.45) is 11.7 Å². The molecule has 1 fully saturated rings. The lowest BCUT2D eigenvalue weighted by molar-refractivity contribution is 0.211. The van der Waals surface area contributed by atoms with E-state index in [2.05, 4.69) is 16.0 Å². The molecule has 1 aromatic heterocycles. The number of thiocarbonyl (C=S) groups is 1. The summed E-state index contributed by atoms with van der Waals surface area (Å²) in [5.74, 6) is 0.455. The molecule has 0 unspecified atom stereocenters. The first-order valence-corrected chi connectivity index (χ1v) is 6.58. The summed E-state index contributed by atoms with van der Waals surface area (Å²) in [5.41, 5.74) is 6.85. The number of aromatic nitrogens is 1. The Balaban J connectivity index is 1.74. The van der Waals surface area contributed by atoms with Crippen LogP contribution >= 0.6 is 12.2 Å². The van der Waals surface area contributed by atoms with E-state index in [1.165, 1.54) is 5.69 Å². The highest BCUT2D eigenvalue weighted by Crippen LogP contribution is 2.17. The summed E-state index contributed by atoms with van der Waals surface area (Å²) < 4.78 is 0. The number of nitrogens with two attached hydrogens (primary N) is 1. The number of likely N-dealkylation sites (tertiary alicyclic amines) is 1. The zero-order valence-corrected chi connectivity index (χ0v) is 10.8. The fraction of sp³-hybridized carbons (Fsp3) is 0.538. The maximum absolute atomic E-state index is 5.68. The van der Waals surface area contributed by atoms with Gasteiger partial charge in [-0.25, -0.2) is 0 Å². The van der Waals surface area contributed by atoms with E-state index < -0.39 is 0 Å². The average Bonchev–Trinajstić information content (AvgIpc) is 2.38. The Kier molecular flexibility index (Phi) is 4.45. The number of hydrogen-bond donors (Lipinski definition) is 1. The van der Waals surface area contributed by atoms with Crippen molar-refractivity contribution in [2.45, 2.75) is 19.3 Å². The smallest absolute Gasteiger partial charge is 0.0759 e. The number of piperidine rings is 1. The molecule has 0 radical (unpaired) electrons. The summed E-state index contributed by atoms with van der Waals surface area (Å²) in [6.07, 6.45) is 5.10. The molecule has 0 amide bonds. The molecular weight excluding hydrogens is 230 g/mol. The zero-order valence-electron chi connectivity index (χ0n) is 10.0. The number of hydrogen-bond acceptors (Lipinski definition) is 3. The molecule has 0 aliphatic carbocycles. The SMILES string of the molecule is NC(=S)C1CCN(CCc2ccccn2)CC1. The predicted octanol–water partition coefficient (Wildman–Crippen LogP) is 1.62. The van der Waals surface area contributed by atoms with Gasteiger partial charge in [0.1, 0.15) is 0 Å². The lowest BCUT2D eigenvalue weighted by atomic mass is 9.97. The molecule has 0 saturated carbocycles. The van der Waals surface area contributed by atoms with Gasteiger partial charge in [-0.15, -0.1) is 0 Å². The average molecular weight is 249 g/mol. The predicted molar refractivity (Wildman–Crippen MR) is 73.9 cm³/mol. The summed E-state index contributed by atoms with van der Waals surface area (Å²) in [6.45, 7) is 3.30. The van der Waals surface area contributed by atoms with Crippen molar-refractivity contribution in [1.82, 2.24) is 9.88 Å². The van der Waals surface area contributed by atoms with Crippen LogP contribution in [0.15, 0.2) is 24.4 Å². The summed E-state index contributed by atoms with van der Waals surface area (Å²) in [4.78, 5) is 7.50. The molecule has 2 heterocycles. The van der Waals surface area contributed by atoms with Crippen molar-refractivity contribution in [1.29, 1.82) is 0 Å². The second kappa shape index (κ2) is 6.07. The van der Waals surface area contributed by atoms with Gasteiger partial charge in [0.15, 0.2) is 0 Å². The van der Waals surface area contributed by atoms with Crippen molar-refractivity contribution >= 4 is 17.2 Å². The zero-order chi connectivity index (χ0) is 12.1. The fourth-order valence-electron chi connectivity index (χ4n) is 2.26. The molecule has 1 aliphatic heterocycles. The van der Waals surface area contributed by atoms with E-state index >= 15 is 0 Å². The minimum absolute atomic E-state index is 0.455. The molecule has 1 aromatic rings. The fourth-order valence-corrected chi connectivity index (χ4v) is 2.50. The van der Waals surface area contributed by atoms with Crippen LogP contribution < -0.4 is 5.73 Å². The molecule has 0 aromatic carbocycles. The highest BCUT2D eigenvalue weighted by atomic mass is 32.1. The van der Waals surface area contributed by atoms with Crippen LogP contribution in [-0.2, 0) is 6.42 Å². The van der Waals surface area contributed by atoms with Gasteiger partial charge < -0.3 is 10.6 Å². The lowest BCUT2D eigenvalue weighted by Gasteiger charge is -2.31. The molecule has 3 nitrogen and oxygen atoms in total. The van der Waals surface area contributed by atoms with Crippen molar-refractivity contribution < 1.29 is 0 Å². The third kappa shape index (κ3) is 3.75. The molecule has 4 heteroatoms. The minimum Gasteiger partial charge on any atom is -0.393 e.